The highest BCUT2D eigenvalue weighted by Crippen LogP contribution is 2.31. The van der Waals surface area contributed by atoms with Crippen LogP contribution in [0.15, 0.2) is 18.3 Å². The van der Waals surface area contributed by atoms with Crippen LogP contribution in [0.2, 0.25) is 0 Å². The highest BCUT2D eigenvalue weighted by Gasteiger charge is 2.29. The highest BCUT2D eigenvalue weighted by atomic mass is 35.5. The van der Waals surface area contributed by atoms with Crippen LogP contribution in [0.4, 0.5) is 8.78 Å². The highest BCUT2D eigenvalue weighted by molar-refractivity contribution is 7.84. The number of rotatable bonds is 3. The molecular formula is C10H12ClF2N3OS. The van der Waals surface area contributed by atoms with E-state index < -0.39 is 21.9 Å². The smallest absolute Gasteiger partial charge is 0.337 e. The van der Waals surface area contributed by atoms with Gasteiger partial charge in [-0.05, 0) is 30.2 Å². The molecule has 0 aromatic carbocycles. The lowest BCUT2D eigenvalue weighted by Crippen LogP contribution is -2.08. The summed E-state index contributed by atoms with van der Waals surface area (Å²) in [6.45, 7) is 1.74. The van der Waals surface area contributed by atoms with Gasteiger partial charge in [-0.25, -0.2) is 0 Å². The molecule has 1 heterocycles. The van der Waals surface area contributed by atoms with Gasteiger partial charge in [0.15, 0.2) is 6.19 Å². The maximum Gasteiger partial charge on any atom is 0.364 e. The van der Waals surface area contributed by atoms with E-state index in [-0.39, 0.29) is 5.25 Å². The summed E-state index contributed by atoms with van der Waals surface area (Å²) in [5, 5.41) is 3.42. The fourth-order valence-electron chi connectivity index (χ4n) is 1.01. The minimum Gasteiger partial charge on any atom is -0.337 e. The molecule has 1 aromatic heterocycles. The number of aromatic nitrogens is 1. The largest absolute Gasteiger partial charge is 0.364 e. The number of nitrogens with zero attached hydrogens (tertiary/aromatic N) is 2. The molecule has 18 heavy (non-hydrogen) atoms. The summed E-state index contributed by atoms with van der Waals surface area (Å²) < 4.78 is 36.3. The molecule has 2 atom stereocenters. The molecule has 0 saturated heterocycles. The van der Waals surface area contributed by atoms with Crippen LogP contribution in [0.1, 0.15) is 23.4 Å². The lowest BCUT2D eigenvalue weighted by atomic mass is 10.2. The van der Waals surface area contributed by atoms with E-state index in [0.29, 0.717) is 5.56 Å². The van der Waals surface area contributed by atoms with Crippen molar-refractivity contribution in [3.05, 3.63) is 29.6 Å². The van der Waals surface area contributed by atoms with E-state index in [0.717, 1.165) is 6.07 Å². The van der Waals surface area contributed by atoms with Crippen LogP contribution in [0.3, 0.4) is 0 Å². The molecule has 0 spiro atoms. The van der Waals surface area contributed by atoms with E-state index in [1.807, 2.05) is 0 Å². The third kappa shape index (κ3) is 5.38. The molecule has 8 heteroatoms. The van der Waals surface area contributed by atoms with E-state index in [4.69, 9.17) is 16.9 Å². The molecule has 0 saturated carbocycles. The molecular weight excluding hydrogens is 284 g/mol. The molecule has 2 unspecified atom stereocenters. The van der Waals surface area contributed by atoms with Crippen molar-refractivity contribution in [3.63, 3.8) is 0 Å². The average Bonchev–Trinajstić information content (AvgIpc) is 2.28. The van der Waals surface area contributed by atoms with E-state index in [1.165, 1.54) is 18.5 Å². The SMILES string of the molecule is CC(c1ccc(C(F)(F)Cl)nc1)S(C)=O.N#CN. The Labute approximate surface area is 111 Å². The van der Waals surface area contributed by atoms with Crippen molar-refractivity contribution in [1.82, 2.24) is 4.98 Å². The van der Waals surface area contributed by atoms with Gasteiger partial charge in [0.05, 0.1) is 5.25 Å². The van der Waals surface area contributed by atoms with E-state index >= 15 is 0 Å². The third-order valence-corrected chi connectivity index (χ3v) is 3.51. The standard InChI is InChI=1S/C9H10ClF2NOS.CH2N2/c1-6(15(2)14)7-3-4-8(13-5-7)9(10,11)12;2-1-3/h3-6H,1-2H3;2H2. The summed E-state index contributed by atoms with van der Waals surface area (Å²) in [6.07, 6.45) is 4.08. The van der Waals surface area contributed by atoms with Gasteiger partial charge < -0.3 is 5.73 Å². The molecule has 0 bridgehead atoms. The molecule has 1 rings (SSSR count). The molecule has 0 fully saturated rings. The Bertz CT molecular complexity index is 442. The molecule has 2 N–H and O–H groups in total. The summed E-state index contributed by atoms with van der Waals surface area (Å²) in [5.41, 5.74) is 4.31. The van der Waals surface area contributed by atoms with Crippen molar-refractivity contribution in [2.45, 2.75) is 17.6 Å². The van der Waals surface area contributed by atoms with Gasteiger partial charge in [-0.15, -0.1) is 0 Å². The second-order valence-corrected chi connectivity index (χ2v) is 5.42. The molecule has 0 aliphatic heterocycles. The van der Waals surface area contributed by atoms with Crippen LogP contribution in [0.25, 0.3) is 0 Å². The molecule has 0 amide bonds. The summed E-state index contributed by atoms with van der Waals surface area (Å²) in [6, 6.07) is 2.61. The van der Waals surface area contributed by atoms with Gasteiger partial charge in [-0.1, -0.05) is 6.07 Å². The molecule has 0 aliphatic carbocycles. The van der Waals surface area contributed by atoms with Gasteiger partial charge in [-0.2, -0.15) is 14.0 Å². The minimum absolute atomic E-state index is 0.226. The van der Waals surface area contributed by atoms with E-state index in [2.05, 4.69) is 10.7 Å². The topological polar surface area (TPSA) is 79.8 Å². The maximum absolute atomic E-state index is 12.6. The zero-order chi connectivity index (χ0) is 14.3. The lowest BCUT2D eigenvalue weighted by molar-refractivity contribution is 0.0900. The number of hydrogen-bond donors (Lipinski definition) is 1. The van der Waals surface area contributed by atoms with Crippen LogP contribution in [-0.4, -0.2) is 15.4 Å². The Hall–Kier alpha value is -1.26. The first-order valence-corrected chi connectivity index (χ1v) is 6.69. The maximum atomic E-state index is 12.6. The number of nitriles is 1. The van der Waals surface area contributed by atoms with Crippen molar-refractivity contribution in [2.24, 2.45) is 5.73 Å². The molecule has 1 aromatic rings. The quantitative estimate of drug-likeness (QED) is 0.527. The normalized spacial score (nSPS) is 13.8. The number of halogens is 3. The second kappa shape index (κ2) is 7.24. The Morgan fingerprint density at radius 1 is 1.61 bits per heavy atom. The molecule has 100 valence electrons. The Morgan fingerprint density at radius 2 is 2.11 bits per heavy atom. The lowest BCUT2D eigenvalue weighted by Gasteiger charge is -2.10. The van der Waals surface area contributed by atoms with Crippen LogP contribution in [0.5, 0.6) is 0 Å². The molecule has 0 radical (unpaired) electrons. The molecule has 0 aliphatic rings. The number of pyridine rings is 1. The monoisotopic (exact) mass is 295 g/mol. The predicted molar refractivity (Wildman–Crippen MR) is 66.3 cm³/mol. The fraction of sp³-hybridized carbons (Fsp3) is 0.400. The van der Waals surface area contributed by atoms with Gasteiger partial charge in [0.25, 0.3) is 0 Å². The molecule has 4 nitrogen and oxygen atoms in total. The van der Waals surface area contributed by atoms with Gasteiger partial charge in [0, 0.05) is 23.3 Å². The Kier molecular flexibility index (Phi) is 6.73. The Balaban J connectivity index is 0.000000873. The first kappa shape index (κ1) is 16.7. The number of nitrogens with two attached hydrogens (primary N) is 1. The van der Waals surface area contributed by atoms with Gasteiger partial charge in [-0.3, -0.25) is 9.19 Å². The van der Waals surface area contributed by atoms with E-state index in [9.17, 15) is 13.0 Å². The van der Waals surface area contributed by atoms with Crippen molar-refractivity contribution >= 4 is 22.4 Å². The summed E-state index contributed by atoms with van der Waals surface area (Å²) in [5.74, 6) is 0. The van der Waals surface area contributed by atoms with Crippen molar-refractivity contribution < 1.29 is 13.0 Å². The van der Waals surface area contributed by atoms with Gasteiger partial charge in [0.1, 0.15) is 5.69 Å². The summed E-state index contributed by atoms with van der Waals surface area (Å²) in [7, 11) is -1.05. The average molecular weight is 296 g/mol. The minimum atomic E-state index is -3.45. The van der Waals surface area contributed by atoms with E-state index in [1.54, 1.807) is 13.2 Å². The number of hydrogen-bond acceptors (Lipinski definition) is 4. The van der Waals surface area contributed by atoms with Gasteiger partial charge in [0.2, 0.25) is 0 Å². The Morgan fingerprint density at radius 3 is 2.39 bits per heavy atom. The van der Waals surface area contributed by atoms with Crippen molar-refractivity contribution in [3.8, 4) is 6.19 Å². The predicted octanol–water partition coefficient (Wildman–Crippen LogP) is 2.24. The second-order valence-electron chi connectivity index (χ2n) is 3.24. The van der Waals surface area contributed by atoms with Crippen LogP contribution >= 0.6 is 11.6 Å². The summed E-state index contributed by atoms with van der Waals surface area (Å²) in [4.78, 5) is 3.54. The van der Waals surface area contributed by atoms with Gasteiger partial charge >= 0.3 is 5.38 Å². The first-order valence-electron chi connectivity index (χ1n) is 4.69. The zero-order valence-electron chi connectivity index (χ0n) is 9.73. The van der Waals surface area contributed by atoms with Crippen LogP contribution in [-0.2, 0) is 16.2 Å². The van der Waals surface area contributed by atoms with Crippen LogP contribution in [0, 0.1) is 11.5 Å². The van der Waals surface area contributed by atoms with Crippen molar-refractivity contribution in [1.29, 1.82) is 5.26 Å². The van der Waals surface area contributed by atoms with Crippen molar-refractivity contribution in [2.75, 3.05) is 6.26 Å². The zero-order valence-corrected chi connectivity index (χ0v) is 11.3. The fourth-order valence-corrected chi connectivity index (χ4v) is 1.64. The summed E-state index contributed by atoms with van der Waals surface area (Å²) >= 11 is 4.80. The third-order valence-electron chi connectivity index (χ3n) is 2.04. The number of alkyl halides is 3. The van der Waals surface area contributed by atoms with Crippen LogP contribution < -0.4 is 5.73 Å². The first-order chi connectivity index (χ1) is 8.23.